The molecule has 3 aromatic rings. The van der Waals surface area contributed by atoms with Gasteiger partial charge in [0.15, 0.2) is 5.82 Å². The van der Waals surface area contributed by atoms with Crippen LogP contribution in [0.15, 0.2) is 47.2 Å². The highest BCUT2D eigenvalue weighted by atomic mass is 16.5. The Bertz CT molecular complexity index is 736. The summed E-state index contributed by atoms with van der Waals surface area (Å²) < 4.78 is 5.27. The minimum absolute atomic E-state index is 0.424. The van der Waals surface area contributed by atoms with Crippen molar-refractivity contribution < 1.29 is 4.52 Å². The Morgan fingerprint density at radius 2 is 2.15 bits per heavy atom. The first-order chi connectivity index (χ1) is 9.72. The molecule has 0 unspecified atom stereocenters. The van der Waals surface area contributed by atoms with Gasteiger partial charge in [-0.2, -0.15) is 4.98 Å². The molecule has 0 saturated carbocycles. The van der Waals surface area contributed by atoms with E-state index in [2.05, 4.69) is 34.2 Å². The van der Waals surface area contributed by atoms with Gasteiger partial charge in [-0.15, -0.1) is 0 Å². The Hall–Kier alpha value is -2.69. The zero-order valence-corrected chi connectivity index (χ0v) is 11.1. The maximum Gasteiger partial charge on any atom is 0.260 e. The van der Waals surface area contributed by atoms with Crippen LogP contribution in [0.5, 0.6) is 0 Å². The van der Waals surface area contributed by atoms with Crippen LogP contribution in [-0.2, 0) is 6.42 Å². The molecule has 0 aliphatic heterocycles. The van der Waals surface area contributed by atoms with Gasteiger partial charge in [0, 0.05) is 12.6 Å². The van der Waals surface area contributed by atoms with E-state index in [0.717, 1.165) is 5.56 Å². The third-order valence-corrected chi connectivity index (χ3v) is 3.00. The first-order valence-electron chi connectivity index (χ1n) is 6.30. The van der Waals surface area contributed by atoms with Crippen LogP contribution < -0.4 is 5.73 Å². The van der Waals surface area contributed by atoms with Gasteiger partial charge in [-0.1, -0.05) is 35.0 Å². The Labute approximate surface area is 116 Å². The first-order valence-corrected chi connectivity index (χ1v) is 6.30. The Kier molecular flexibility index (Phi) is 3.16. The van der Waals surface area contributed by atoms with Crippen molar-refractivity contribution in [1.82, 2.24) is 15.1 Å². The van der Waals surface area contributed by atoms with Crippen LogP contribution in [0.4, 0.5) is 5.69 Å². The summed E-state index contributed by atoms with van der Waals surface area (Å²) in [5.74, 6) is 1.06. The predicted molar refractivity (Wildman–Crippen MR) is 75.9 cm³/mol. The lowest BCUT2D eigenvalue weighted by Gasteiger charge is -1.98. The highest BCUT2D eigenvalue weighted by Gasteiger charge is 2.11. The number of hydrogen-bond acceptors (Lipinski definition) is 5. The van der Waals surface area contributed by atoms with Gasteiger partial charge in [0.25, 0.3) is 5.89 Å². The van der Waals surface area contributed by atoms with Crippen LogP contribution in [0.1, 0.15) is 17.0 Å². The van der Waals surface area contributed by atoms with Gasteiger partial charge < -0.3 is 10.3 Å². The number of aryl methyl sites for hydroxylation is 1. The summed E-state index contributed by atoms with van der Waals surface area (Å²) in [5.41, 5.74) is 9.45. The largest absolute Gasteiger partial charge is 0.397 e. The fourth-order valence-corrected chi connectivity index (χ4v) is 2.04. The second-order valence-electron chi connectivity index (χ2n) is 4.64. The number of anilines is 1. The molecule has 5 nitrogen and oxygen atoms in total. The Morgan fingerprint density at radius 1 is 1.25 bits per heavy atom. The van der Waals surface area contributed by atoms with Crippen LogP contribution >= 0.6 is 0 Å². The zero-order chi connectivity index (χ0) is 13.9. The quantitative estimate of drug-likeness (QED) is 0.788. The van der Waals surface area contributed by atoms with Gasteiger partial charge in [-0.25, -0.2) is 0 Å². The molecule has 0 radical (unpaired) electrons. The van der Waals surface area contributed by atoms with E-state index in [4.69, 9.17) is 10.3 Å². The van der Waals surface area contributed by atoms with Crippen LogP contribution in [0.2, 0.25) is 0 Å². The third-order valence-electron chi connectivity index (χ3n) is 3.00. The smallest absolute Gasteiger partial charge is 0.260 e. The summed E-state index contributed by atoms with van der Waals surface area (Å²) in [6.07, 6.45) is 3.85. The lowest BCUT2D eigenvalue weighted by Crippen LogP contribution is -1.93. The molecule has 0 saturated heterocycles. The highest BCUT2D eigenvalue weighted by molar-refractivity contribution is 5.68. The molecule has 0 aliphatic carbocycles. The number of nitrogens with two attached hydrogens (primary N) is 1. The van der Waals surface area contributed by atoms with Crippen molar-refractivity contribution in [3.63, 3.8) is 0 Å². The van der Waals surface area contributed by atoms with Crippen LogP contribution in [-0.4, -0.2) is 15.1 Å². The van der Waals surface area contributed by atoms with Crippen LogP contribution in [0, 0.1) is 6.92 Å². The lowest BCUT2D eigenvalue weighted by atomic mass is 10.1. The summed E-state index contributed by atoms with van der Waals surface area (Å²) >= 11 is 0. The molecular weight excluding hydrogens is 252 g/mol. The van der Waals surface area contributed by atoms with E-state index in [1.54, 1.807) is 18.5 Å². The van der Waals surface area contributed by atoms with E-state index in [9.17, 15) is 0 Å². The van der Waals surface area contributed by atoms with Crippen molar-refractivity contribution in [1.29, 1.82) is 0 Å². The summed E-state index contributed by atoms with van der Waals surface area (Å²) in [6.45, 7) is 2.06. The molecule has 2 heterocycles. The Balaban J connectivity index is 1.86. The maximum atomic E-state index is 5.84. The molecule has 0 spiro atoms. The van der Waals surface area contributed by atoms with Gasteiger partial charge in [0.05, 0.1) is 17.4 Å². The van der Waals surface area contributed by atoms with Crippen molar-refractivity contribution in [2.24, 2.45) is 0 Å². The number of rotatable bonds is 3. The van der Waals surface area contributed by atoms with Crippen LogP contribution in [0.25, 0.3) is 11.5 Å². The van der Waals surface area contributed by atoms with E-state index < -0.39 is 0 Å². The fourth-order valence-electron chi connectivity index (χ4n) is 2.04. The number of pyridine rings is 1. The molecule has 0 bridgehead atoms. The molecule has 0 aliphatic rings. The number of nitrogens with zero attached hydrogens (tertiary/aromatic N) is 3. The average Bonchev–Trinajstić information content (AvgIpc) is 2.87. The molecule has 2 aromatic heterocycles. The van der Waals surface area contributed by atoms with Crippen molar-refractivity contribution in [2.45, 2.75) is 13.3 Å². The highest BCUT2D eigenvalue weighted by Crippen LogP contribution is 2.23. The second-order valence-corrected chi connectivity index (χ2v) is 4.64. The fraction of sp³-hybridized carbons (Fsp3) is 0.133. The first kappa shape index (κ1) is 12.3. The molecule has 100 valence electrons. The standard InChI is InChI=1S/C15H14N4O/c1-10-3-2-4-11(7-10)8-14-18-15(20-19-14)12-5-6-17-9-13(12)16/h2-7,9H,8,16H2,1H3. The minimum atomic E-state index is 0.424. The number of benzene rings is 1. The number of nitrogen functional groups attached to an aromatic ring is 1. The van der Waals surface area contributed by atoms with E-state index in [1.807, 2.05) is 12.1 Å². The number of aromatic nitrogens is 3. The monoisotopic (exact) mass is 266 g/mol. The van der Waals surface area contributed by atoms with Crippen LogP contribution in [0.3, 0.4) is 0 Å². The summed E-state index contributed by atoms with van der Waals surface area (Å²) in [7, 11) is 0. The molecule has 2 N–H and O–H groups in total. The normalized spacial score (nSPS) is 10.7. The molecule has 3 rings (SSSR count). The third kappa shape index (κ3) is 2.51. The maximum absolute atomic E-state index is 5.84. The summed E-state index contributed by atoms with van der Waals surface area (Å²) in [5, 5.41) is 4.00. The molecule has 0 fully saturated rings. The van der Waals surface area contributed by atoms with E-state index in [1.165, 1.54) is 5.56 Å². The summed E-state index contributed by atoms with van der Waals surface area (Å²) in [6, 6.07) is 10.00. The van der Waals surface area contributed by atoms with Gasteiger partial charge in [0.1, 0.15) is 0 Å². The van der Waals surface area contributed by atoms with Crippen molar-refractivity contribution in [3.05, 3.63) is 59.7 Å². The molecule has 1 aromatic carbocycles. The Morgan fingerprint density at radius 3 is 2.95 bits per heavy atom. The van der Waals surface area contributed by atoms with Gasteiger partial charge >= 0.3 is 0 Å². The van der Waals surface area contributed by atoms with Gasteiger partial charge in [-0.3, -0.25) is 4.98 Å². The van der Waals surface area contributed by atoms with Gasteiger partial charge in [-0.05, 0) is 18.6 Å². The number of hydrogen-bond donors (Lipinski definition) is 1. The van der Waals surface area contributed by atoms with E-state index in [-0.39, 0.29) is 0 Å². The lowest BCUT2D eigenvalue weighted by molar-refractivity contribution is 0.424. The topological polar surface area (TPSA) is 77.8 Å². The van der Waals surface area contributed by atoms with E-state index in [0.29, 0.717) is 29.4 Å². The molecule has 20 heavy (non-hydrogen) atoms. The summed E-state index contributed by atoms with van der Waals surface area (Å²) in [4.78, 5) is 8.32. The van der Waals surface area contributed by atoms with Crippen molar-refractivity contribution in [2.75, 3.05) is 5.73 Å². The van der Waals surface area contributed by atoms with E-state index >= 15 is 0 Å². The molecule has 5 heteroatoms. The van der Waals surface area contributed by atoms with Crippen molar-refractivity contribution >= 4 is 5.69 Å². The second kappa shape index (κ2) is 5.13. The molecular formula is C15H14N4O. The predicted octanol–water partition coefficient (Wildman–Crippen LogP) is 2.61. The minimum Gasteiger partial charge on any atom is -0.397 e. The molecule has 0 amide bonds. The van der Waals surface area contributed by atoms with Crippen molar-refractivity contribution in [3.8, 4) is 11.5 Å². The van der Waals surface area contributed by atoms with Gasteiger partial charge in [0.2, 0.25) is 0 Å². The molecule has 0 atom stereocenters. The zero-order valence-electron chi connectivity index (χ0n) is 11.1. The SMILES string of the molecule is Cc1cccc(Cc2noc(-c3ccncc3N)n2)c1. The average molecular weight is 266 g/mol.